The van der Waals surface area contributed by atoms with Crippen molar-refractivity contribution in [3.63, 3.8) is 0 Å². The van der Waals surface area contributed by atoms with Crippen LogP contribution in [0, 0.1) is 0 Å². The largest absolute Gasteiger partial charge is 0.337 e. The molecule has 1 heterocycles. The topological polar surface area (TPSA) is 97.2 Å². The van der Waals surface area contributed by atoms with E-state index in [2.05, 4.69) is 15.4 Å². The molecule has 0 radical (unpaired) electrons. The Bertz CT molecular complexity index is 772. The zero-order valence-electron chi connectivity index (χ0n) is 13.9. The average Bonchev–Trinajstić information content (AvgIpc) is 3.06. The Balaban J connectivity index is 1.97. The smallest absolute Gasteiger partial charge is 0.317 e. The Morgan fingerprint density at radius 1 is 1.33 bits per heavy atom. The number of nitrogens with zero attached hydrogens (tertiary/aromatic N) is 4. The molecule has 2 rings (SSSR count). The van der Waals surface area contributed by atoms with Crippen LogP contribution in [0.25, 0.3) is 5.69 Å². The third-order valence-electron chi connectivity index (χ3n) is 3.71. The molecule has 130 valence electrons. The van der Waals surface area contributed by atoms with Crippen molar-refractivity contribution in [3.05, 3.63) is 42.5 Å². The van der Waals surface area contributed by atoms with Crippen LogP contribution in [0.3, 0.4) is 0 Å². The summed E-state index contributed by atoms with van der Waals surface area (Å²) in [4.78, 5) is 17.5. The molecule has 0 aliphatic rings. The van der Waals surface area contributed by atoms with Crippen molar-refractivity contribution < 1.29 is 13.2 Å². The molecule has 0 fully saturated rings. The lowest BCUT2D eigenvalue weighted by atomic mass is 10.1. The predicted molar refractivity (Wildman–Crippen MR) is 90.6 cm³/mol. The van der Waals surface area contributed by atoms with E-state index >= 15 is 0 Å². The number of nitrogens with one attached hydrogen (secondary N) is 1. The summed E-state index contributed by atoms with van der Waals surface area (Å²) in [7, 11) is -1.42. The minimum atomic E-state index is -3.09. The molecule has 0 saturated carbocycles. The number of benzene rings is 1. The van der Waals surface area contributed by atoms with E-state index < -0.39 is 9.84 Å². The molecule has 0 spiro atoms. The summed E-state index contributed by atoms with van der Waals surface area (Å²) >= 11 is 0. The van der Waals surface area contributed by atoms with Crippen LogP contribution in [-0.4, -0.2) is 59.7 Å². The summed E-state index contributed by atoms with van der Waals surface area (Å²) < 4.78 is 23.8. The summed E-state index contributed by atoms with van der Waals surface area (Å²) in [6.07, 6.45) is 4.22. The van der Waals surface area contributed by atoms with E-state index in [-0.39, 0.29) is 24.4 Å². The summed E-state index contributed by atoms with van der Waals surface area (Å²) in [5, 5.41) is 6.67. The maximum Gasteiger partial charge on any atom is 0.317 e. The third kappa shape index (κ3) is 4.79. The predicted octanol–water partition coefficient (Wildman–Crippen LogP) is 1.01. The van der Waals surface area contributed by atoms with Crippen LogP contribution in [0.4, 0.5) is 4.79 Å². The lowest BCUT2D eigenvalue weighted by Gasteiger charge is -2.25. The van der Waals surface area contributed by atoms with Gasteiger partial charge < -0.3 is 10.2 Å². The van der Waals surface area contributed by atoms with Gasteiger partial charge in [-0.2, -0.15) is 5.10 Å². The van der Waals surface area contributed by atoms with Crippen LogP contribution in [0.1, 0.15) is 18.5 Å². The number of carbonyl (C=O) groups excluding carboxylic acids is 1. The van der Waals surface area contributed by atoms with E-state index in [0.29, 0.717) is 0 Å². The van der Waals surface area contributed by atoms with Gasteiger partial charge in [-0.05, 0) is 24.6 Å². The molecule has 0 bridgehead atoms. The highest BCUT2D eigenvalue weighted by molar-refractivity contribution is 7.90. The highest BCUT2D eigenvalue weighted by Crippen LogP contribution is 2.20. The van der Waals surface area contributed by atoms with Gasteiger partial charge >= 0.3 is 6.03 Å². The molecular formula is C15H21N5O3S. The maximum atomic E-state index is 12.1. The molecule has 0 saturated heterocycles. The Labute approximate surface area is 141 Å². The fraction of sp³-hybridized carbons (Fsp3) is 0.400. The standard InChI is InChI=1S/C15H21N5O3S/c1-12(19(2)15(21)17-8-9-24(3,22)23)13-4-6-14(7-5-13)20-11-16-10-18-20/h4-7,10-12H,8-9H2,1-3H3,(H,17,21). The van der Waals surface area contributed by atoms with Crippen molar-refractivity contribution in [1.82, 2.24) is 25.0 Å². The Kier molecular flexibility index (Phi) is 5.55. The van der Waals surface area contributed by atoms with Crippen molar-refractivity contribution in [3.8, 4) is 5.69 Å². The fourth-order valence-electron chi connectivity index (χ4n) is 2.11. The van der Waals surface area contributed by atoms with Gasteiger partial charge in [-0.25, -0.2) is 22.9 Å². The van der Waals surface area contributed by atoms with Crippen molar-refractivity contribution >= 4 is 15.9 Å². The van der Waals surface area contributed by atoms with Crippen molar-refractivity contribution in [1.29, 1.82) is 0 Å². The maximum absolute atomic E-state index is 12.1. The van der Waals surface area contributed by atoms with Crippen LogP contribution in [0.2, 0.25) is 0 Å². The van der Waals surface area contributed by atoms with Gasteiger partial charge in [0.15, 0.2) is 0 Å². The SMILES string of the molecule is CC(c1ccc(-n2cncn2)cc1)N(C)C(=O)NCCS(C)(=O)=O. The molecular weight excluding hydrogens is 330 g/mol. The third-order valence-corrected chi connectivity index (χ3v) is 4.65. The molecule has 0 aliphatic heterocycles. The number of aromatic nitrogens is 3. The molecule has 2 amide bonds. The number of amides is 2. The second-order valence-electron chi connectivity index (χ2n) is 5.58. The van der Waals surface area contributed by atoms with Gasteiger partial charge in [0.2, 0.25) is 0 Å². The monoisotopic (exact) mass is 351 g/mol. The Morgan fingerprint density at radius 3 is 2.54 bits per heavy atom. The lowest BCUT2D eigenvalue weighted by molar-refractivity contribution is 0.195. The van der Waals surface area contributed by atoms with Crippen LogP contribution in [0.5, 0.6) is 0 Å². The fourth-order valence-corrected chi connectivity index (χ4v) is 2.59. The highest BCUT2D eigenvalue weighted by Gasteiger charge is 2.17. The van der Waals surface area contributed by atoms with Crippen molar-refractivity contribution in [2.75, 3.05) is 25.6 Å². The number of hydrogen-bond donors (Lipinski definition) is 1. The highest BCUT2D eigenvalue weighted by atomic mass is 32.2. The van der Waals surface area contributed by atoms with Crippen LogP contribution in [-0.2, 0) is 9.84 Å². The quantitative estimate of drug-likeness (QED) is 0.838. The number of hydrogen-bond acceptors (Lipinski definition) is 5. The zero-order valence-corrected chi connectivity index (χ0v) is 14.7. The summed E-state index contributed by atoms with van der Waals surface area (Å²) in [6.45, 7) is 2.00. The first-order chi connectivity index (χ1) is 11.3. The molecule has 1 aromatic heterocycles. The molecule has 0 aliphatic carbocycles. The van der Waals surface area contributed by atoms with Gasteiger partial charge in [0.25, 0.3) is 0 Å². The summed E-state index contributed by atoms with van der Waals surface area (Å²) in [5.74, 6) is -0.0758. The van der Waals surface area contributed by atoms with Crippen LogP contribution in [0.15, 0.2) is 36.9 Å². The van der Waals surface area contributed by atoms with Crippen molar-refractivity contribution in [2.24, 2.45) is 0 Å². The number of rotatable bonds is 6. The van der Waals surface area contributed by atoms with E-state index in [9.17, 15) is 13.2 Å². The number of urea groups is 1. The molecule has 1 unspecified atom stereocenters. The summed E-state index contributed by atoms with van der Waals surface area (Å²) in [6, 6.07) is 7.16. The first kappa shape index (κ1) is 17.9. The minimum Gasteiger partial charge on any atom is -0.337 e. The normalized spacial score (nSPS) is 12.6. The molecule has 1 N–H and O–H groups in total. The van der Waals surface area contributed by atoms with Gasteiger partial charge in [-0.15, -0.1) is 0 Å². The van der Waals surface area contributed by atoms with E-state index in [4.69, 9.17) is 0 Å². The minimum absolute atomic E-state index is 0.0758. The molecule has 1 atom stereocenters. The van der Waals surface area contributed by atoms with E-state index in [1.807, 2.05) is 31.2 Å². The van der Waals surface area contributed by atoms with Gasteiger partial charge in [-0.1, -0.05) is 12.1 Å². The lowest BCUT2D eigenvalue weighted by Crippen LogP contribution is -2.40. The Morgan fingerprint density at radius 2 is 2.00 bits per heavy atom. The first-order valence-corrected chi connectivity index (χ1v) is 9.47. The molecule has 2 aromatic rings. The van der Waals surface area contributed by atoms with Gasteiger partial charge in [0, 0.05) is 19.8 Å². The second-order valence-corrected chi connectivity index (χ2v) is 7.84. The average molecular weight is 351 g/mol. The van der Waals surface area contributed by atoms with Crippen LogP contribution >= 0.6 is 0 Å². The second kappa shape index (κ2) is 7.43. The van der Waals surface area contributed by atoms with Gasteiger partial charge in [0.1, 0.15) is 22.5 Å². The Hall–Kier alpha value is -2.42. The molecule has 8 nitrogen and oxygen atoms in total. The van der Waals surface area contributed by atoms with E-state index in [0.717, 1.165) is 17.5 Å². The van der Waals surface area contributed by atoms with Crippen molar-refractivity contribution in [2.45, 2.75) is 13.0 Å². The molecule has 9 heteroatoms. The summed E-state index contributed by atoms with van der Waals surface area (Å²) in [5.41, 5.74) is 1.84. The van der Waals surface area contributed by atoms with E-state index in [1.165, 1.54) is 11.2 Å². The van der Waals surface area contributed by atoms with Gasteiger partial charge in [-0.3, -0.25) is 0 Å². The van der Waals surface area contributed by atoms with Crippen LogP contribution < -0.4 is 5.32 Å². The number of sulfone groups is 1. The van der Waals surface area contributed by atoms with Gasteiger partial charge in [0.05, 0.1) is 17.5 Å². The van der Waals surface area contributed by atoms with E-state index in [1.54, 1.807) is 18.1 Å². The first-order valence-electron chi connectivity index (χ1n) is 7.41. The molecule has 1 aromatic carbocycles. The number of carbonyl (C=O) groups is 1. The zero-order chi connectivity index (χ0) is 17.7. The molecule has 24 heavy (non-hydrogen) atoms.